The van der Waals surface area contributed by atoms with Gasteiger partial charge in [0.2, 0.25) is 0 Å². The summed E-state index contributed by atoms with van der Waals surface area (Å²) in [5, 5.41) is 3.20. The van der Waals surface area contributed by atoms with Gasteiger partial charge >= 0.3 is 0 Å². The molecule has 60 valence electrons. The van der Waals surface area contributed by atoms with Gasteiger partial charge in [0.05, 0.1) is 6.54 Å². The number of hydrogen-bond acceptors (Lipinski definition) is 2. The molecule has 1 N–H and O–H groups in total. The van der Waals surface area contributed by atoms with Crippen LogP contribution >= 0.6 is 0 Å². The number of rotatable bonds is 3. The molecule has 1 heterocycles. The lowest BCUT2D eigenvalue weighted by Gasteiger charge is -2.32. The molecule has 0 bridgehead atoms. The lowest BCUT2D eigenvalue weighted by molar-refractivity contribution is 0.301. The van der Waals surface area contributed by atoms with E-state index in [0.717, 1.165) is 18.6 Å². The van der Waals surface area contributed by atoms with Crippen molar-refractivity contribution in [1.82, 2.24) is 10.2 Å². The topological polar surface area (TPSA) is 15.3 Å². The zero-order valence-corrected chi connectivity index (χ0v) is 6.71. The first kappa shape index (κ1) is 5.92. The summed E-state index contributed by atoms with van der Waals surface area (Å²) in [7, 11) is 0. The van der Waals surface area contributed by atoms with E-state index < -0.39 is 0 Å². The van der Waals surface area contributed by atoms with Crippen molar-refractivity contribution in [2.24, 2.45) is 0 Å². The standard InChI is InChI=1S/C9H14N2/c1-2-7(1)11(8-3-4-8)9-5-10-6-9/h5,7-8,10H,1-4,6H2. The van der Waals surface area contributed by atoms with E-state index in [2.05, 4.69) is 16.4 Å². The predicted octanol–water partition coefficient (Wildman–Crippen LogP) is 1.06. The van der Waals surface area contributed by atoms with Crippen LogP contribution in [0.25, 0.3) is 0 Å². The fourth-order valence-electron chi connectivity index (χ4n) is 1.83. The number of nitrogens with one attached hydrogen (secondary N) is 1. The maximum atomic E-state index is 3.20. The molecular weight excluding hydrogens is 136 g/mol. The highest BCUT2D eigenvalue weighted by Crippen LogP contribution is 2.40. The van der Waals surface area contributed by atoms with E-state index in [1.807, 2.05) is 0 Å². The third-order valence-electron chi connectivity index (χ3n) is 2.76. The van der Waals surface area contributed by atoms with E-state index in [0.29, 0.717) is 0 Å². The van der Waals surface area contributed by atoms with Gasteiger partial charge in [-0.3, -0.25) is 0 Å². The molecule has 0 atom stereocenters. The summed E-state index contributed by atoms with van der Waals surface area (Å²) in [6, 6.07) is 1.85. The van der Waals surface area contributed by atoms with Gasteiger partial charge in [-0.05, 0) is 25.7 Å². The molecule has 0 aromatic heterocycles. The van der Waals surface area contributed by atoms with Crippen molar-refractivity contribution in [3.63, 3.8) is 0 Å². The monoisotopic (exact) mass is 150 g/mol. The Labute approximate surface area is 67.3 Å². The summed E-state index contributed by atoms with van der Waals surface area (Å²) in [6.45, 7) is 1.12. The normalized spacial score (nSPS) is 28.5. The zero-order chi connectivity index (χ0) is 7.26. The second-order valence-corrected chi connectivity index (χ2v) is 3.89. The highest BCUT2D eigenvalue weighted by atomic mass is 15.3. The van der Waals surface area contributed by atoms with Gasteiger partial charge in [-0.1, -0.05) is 0 Å². The molecule has 2 heteroatoms. The Bertz CT molecular complexity index is 190. The van der Waals surface area contributed by atoms with Crippen LogP contribution < -0.4 is 5.32 Å². The molecule has 2 nitrogen and oxygen atoms in total. The maximum Gasteiger partial charge on any atom is 0.0559 e. The summed E-state index contributed by atoms with van der Waals surface area (Å²) >= 11 is 0. The van der Waals surface area contributed by atoms with E-state index in [1.165, 1.54) is 25.7 Å². The van der Waals surface area contributed by atoms with Crippen LogP contribution in [-0.4, -0.2) is 23.5 Å². The average molecular weight is 150 g/mol. The third-order valence-corrected chi connectivity index (χ3v) is 2.76. The Kier molecular flexibility index (Phi) is 1.04. The fraction of sp³-hybridized carbons (Fsp3) is 0.778. The number of hydrogen-bond donors (Lipinski definition) is 1. The first-order valence-electron chi connectivity index (χ1n) is 4.66. The van der Waals surface area contributed by atoms with Gasteiger partial charge in [0, 0.05) is 24.0 Å². The van der Waals surface area contributed by atoms with Crippen LogP contribution in [0, 0.1) is 0 Å². The molecule has 3 rings (SSSR count). The number of nitrogens with zero attached hydrogens (tertiary/aromatic N) is 1. The molecule has 0 unspecified atom stereocenters. The maximum absolute atomic E-state index is 3.20. The zero-order valence-electron chi connectivity index (χ0n) is 6.71. The van der Waals surface area contributed by atoms with Crippen molar-refractivity contribution < 1.29 is 0 Å². The van der Waals surface area contributed by atoms with Crippen LogP contribution in [0.3, 0.4) is 0 Å². The Morgan fingerprint density at radius 2 is 1.73 bits per heavy atom. The average Bonchev–Trinajstić information content (AvgIpc) is 2.74. The second kappa shape index (κ2) is 1.93. The summed E-state index contributed by atoms with van der Waals surface area (Å²) < 4.78 is 0. The highest BCUT2D eigenvalue weighted by molar-refractivity contribution is 5.18. The smallest absolute Gasteiger partial charge is 0.0559 e. The van der Waals surface area contributed by atoms with Crippen molar-refractivity contribution in [2.45, 2.75) is 37.8 Å². The molecule has 0 amide bonds. The minimum Gasteiger partial charge on any atom is -0.384 e. The molecule has 0 aromatic carbocycles. The SMILES string of the molecule is C1=C(N(C2CC2)C2CC2)CN1. The predicted molar refractivity (Wildman–Crippen MR) is 44.0 cm³/mol. The van der Waals surface area contributed by atoms with E-state index in [-0.39, 0.29) is 0 Å². The van der Waals surface area contributed by atoms with Crippen LogP contribution in [-0.2, 0) is 0 Å². The second-order valence-electron chi connectivity index (χ2n) is 3.89. The van der Waals surface area contributed by atoms with E-state index in [9.17, 15) is 0 Å². The Hall–Kier alpha value is -0.660. The lowest BCUT2D eigenvalue weighted by atomic mass is 10.3. The summed E-state index contributed by atoms with van der Waals surface area (Å²) in [5.41, 5.74) is 1.56. The molecule has 0 saturated heterocycles. The molecule has 3 aliphatic rings. The quantitative estimate of drug-likeness (QED) is 0.647. The first-order valence-corrected chi connectivity index (χ1v) is 4.66. The molecule has 0 aromatic rings. The minimum absolute atomic E-state index is 0.927. The van der Waals surface area contributed by atoms with Crippen LogP contribution in [0.1, 0.15) is 25.7 Å². The minimum atomic E-state index is 0.927. The summed E-state index contributed by atoms with van der Waals surface area (Å²) in [5.74, 6) is 0. The van der Waals surface area contributed by atoms with Crippen LogP contribution in [0.2, 0.25) is 0 Å². The van der Waals surface area contributed by atoms with Crippen molar-refractivity contribution >= 4 is 0 Å². The van der Waals surface area contributed by atoms with Crippen molar-refractivity contribution in [3.8, 4) is 0 Å². The fourth-order valence-corrected chi connectivity index (χ4v) is 1.83. The van der Waals surface area contributed by atoms with Crippen LogP contribution in [0.4, 0.5) is 0 Å². The first-order chi connectivity index (χ1) is 5.45. The van der Waals surface area contributed by atoms with Crippen molar-refractivity contribution in [3.05, 3.63) is 11.9 Å². The van der Waals surface area contributed by atoms with Gasteiger partial charge in [-0.15, -0.1) is 0 Å². The van der Waals surface area contributed by atoms with Crippen molar-refractivity contribution in [1.29, 1.82) is 0 Å². The lowest BCUT2D eigenvalue weighted by Crippen LogP contribution is -2.38. The van der Waals surface area contributed by atoms with Gasteiger partial charge in [-0.2, -0.15) is 0 Å². The molecular formula is C9H14N2. The Balaban J connectivity index is 1.76. The molecule has 0 radical (unpaired) electrons. The van der Waals surface area contributed by atoms with E-state index in [4.69, 9.17) is 0 Å². The Morgan fingerprint density at radius 3 is 2.00 bits per heavy atom. The summed E-state index contributed by atoms with van der Waals surface area (Å²) in [6.07, 6.45) is 7.93. The van der Waals surface area contributed by atoms with E-state index in [1.54, 1.807) is 5.70 Å². The van der Waals surface area contributed by atoms with E-state index >= 15 is 0 Å². The van der Waals surface area contributed by atoms with Gasteiger partial charge < -0.3 is 10.2 Å². The van der Waals surface area contributed by atoms with Gasteiger partial charge in [0.15, 0.2) is 0 Å². The molecule has 11 heavy (non-hydrogen) atoms. The van der Waals surface area contributed by atoms with Crippen molar-refractivity contribution in [2.75, 3.05) is 6.54 Å². The van der Waals surface area contributed by atoms with Gasteiger partial charge in [-0.25, -0.2) is 0 Å². The highest BCUT2D eigenvalue weighted by Gasteiger charge is 2.40. The Morgan fingerprint density at radius 1 is 1.18 bits per heavy atom. The van der Waals surface area contributed by atoms with Gasteiger partial charge in [0.1, 0.15) is 0 Å². The molecule has 2 fully saturated rings. The van der Waals surface area contributed by atoms with Crippen LogP contribution in [0.15, 0.2) is 11.9 Å². The third kappa shape index (κ3) is 0.924. The molecule has 1 aliphatic heterocycles. The molecule has 2 saturated carbocycles. The van der Waals surface area contributed by atoms with Gasteiger partial charge in [0.25, 0.3) is 0 Å². The van der Waals surface area contributed by atoms with Crippen LogP contribution in [0.5, 0.6) is 0 Å². The summed E-state index contributed by atoms with van der Waals surface area (Å²) in [4.78, 5) is 2.66. The largest absolute Gasteiger partial charge is 0.384 e. The molecule has 2 aliphatic carbocycles. The molecule has 0 spiro atoms.